The first-order valence-electron chi connectivity index (χ1n) is 10.8. The molecule has 5 rings (SSSR count). The normalized spacial score (nSPS) is 26.2. The van der Waals surface area contributed by atoms with Gasteiger partial charge in [0.05, 0.1) is 22.4 Å². The monoisotopic (exact) mass is 423 g/mol. The van der Waals surface area contributed by atoms with Crippen molar-refractivity contribution in [1.82, 2.24) is 35.3 Å². The van der Waals surface area contributed by atoms with Crippen LogP contribution in [-0.2, 0) is 20.7 Å². The van der Waals surface area contributed by atoms with Gasteiger partial charge >= 0.3 is 5.97 Å². The number of aromatic nitrogens is 6. The van der Waals surface area contributed by atoms with Gasteiger partial charge in [0, 0.05) is 6.54 Å². The van der Waals surface area contributed by atoms with Gasteiger partial charge < -0.3 is 9.64 Å². The number of cyclic esters (lactones) is 1. The van der Waals surface area contributed by atoms with E-state index >= 15 is 0 Å². The molecule has 0 aromatic carbocycles. The molecule has 2 aromatic rings. The number of carbonyl (C=O) groups excluding carboxylic acids is 2. The summed E-state index contributed by atoms with van der Waals surface area (Å²) in [5.74, 6) is 1.06. The quantitative estimate of drug-likeness (QED) is 0.666. The maximum atomic E-state index is 13.2. The topological polar surface area (TPSA) is 116 Å². The van der Waals surface area contributed by atoms with Crippen molar-refractivity contribution in [3.8, 4) is 5.82 Å². The van der Waals surface area contributed by atoms with Crippen LogP contribution in [-0.4, -0.2) is 60.3 Å². The van der Waals surface area contributed by atoms with Gasteiger partial charge in [0.1, 0.15) is 12.9 Å². The summed E-state index contributed by atoms with van der Waals surface area (Å²) >= 11 is 0. The van der Waals surface area contributed by atoms with Crippen LogP contribution in [0.1, 0.15) is 51.1 Å². The molecule has 2 aromatic heterocycles. The summed E-state index contributed by atoms with van der Waals surface area (Å²) in [4.78, 5) is 26.7. The van der Waals surface area contributed by atoms with Crippen molar-refractivity contribution >= 4 is 11.9 Å². The summed E-state index contributed by atoms with van der Waals surface area (Å²) in [6.07, 6.45) is 8.18. The first-order valence-corrected chi connectivity index (χ1v) is 10.8. The first kappa shape index (κ1) is 19.8. The Morgan fingerprint density at radius 2 is 2.00 bits per heavy atom. The average Bonchev–Trinajstić information content (AvgIpc) is 3.51. The Morgan fingerprint density at radius 3 is 2.65 bits per heavy atom. The van der Waals surface area contributed by atoms with Gasteiger partial charge in [-0.1, -0.05) is 0 Å². The third kappa shape index (κ3) is 3.60. The van der Waals surface area contributed by atoms with Crippen molar-refractivity contribution in [2.45, 2.75) is 51.9 Å². The van der Waals surface area contributed by atoms with Gasteiger partial charge in [-0.2, -0.15) is 9.78 Å². The lowest BCUT2D eigenvalue weighted by atomic mass is 9.68. The maximum absolute atomic E-state index is 13.2. The van der Waals surface area contributed by atoms with Gasteiger partial charge in [-0.15, -0.1) is 10.2 Å². The van der Waals surface area contributed by atoms with E-state index in [9.17, 15) is 9.59 Å². The number of amides is 1. The molecule has 1 amide bonds. The lowest BCUT2D eigenvalue weighted by Crippen LogP contribution is -2.37. The Labute approximate surface area is 179 Å². The summed E-state index contributed by atoms with van der Waals surface area (Å²) in [6, 6.07) is 3.84. The minimum absolute atomic E-state index is 0.183. The fourth-order valence-electron chi connectivity index (χ4n) is 5.04. The lowest BCUT2D eigenvalue weighted by Gasteiger charge is -2.35. The minimum atomic E-state index is -0.304. The summed E-state index contributed by atoms with van der Waals surface area (Å²) in [6.45, 7) is 2.66. The van der Waals surface area contributed by atoms with Crippen LogP contribution in [0, 0.1) is 11.3 Å². The third-order valence-electron chi connectivity index (χ3n) is 7.08. The Kier molecular flexibility index (Phi) is 4.99. The highest BCUT2D eigenvalue weighted by atomic mass is 16.5. The fourth-order valence-corrected chi connectivity index (χ4v) is 5.04. The van der Waals surface area contributed by atoms with Crippen LogP contribution < -0.4 is 0 Å². The van der Waals surface area contributed by atoms with E-state index in [0.29, 0.717) is 23.9 Å². The van der Waals surface area contributed by atoms with Crippen LogP contribution in [0.4, 0.5) is 0 Å². The van der Waals surface area contributed by atoms with E-state index < -0.39 is 0 Å². The SMILES string of the molecule is CC1=C(N2CCC3(CCC(CCc4ccc(-n5cnnn5)nn4)CC3)C2=O)COC1=O. The molecule has 1 saturated heterocycles. The van der Waals surface area contributed by atoms with Crippen LogP contribution >= 0.6 is 0 Å². The van der Waals surface area contributed by atoms with Gasteiger partial charge in [-0.05, 0) is 80.3 Å². The number of hydrogen-bond donors (Lipinski definition) is 0. The standard InChI is InChI=1S/C21H25N7O3/c1-14-17(12-31-19(14)29)27-11-10-21(20(27)30)8-6-15(7-9-21)2-3-16-4-5-18(24-23-16)28-13-22-25-26-28/h4-5,13,15H,2-3,6-12H2,1H3. The van der Waals surface area contributed by atoms with Gasteiger partial charge in [0.25, 0.3) is 0 Å². The number of aryl methyl sites for hydroxylation is 1. The van der Waals surface area contributed by atoms with Gasteiger partial charge in [-0.3, -0.25) is 4.79 Å². The van der Waals surface area contributed by atoms with Gasteiger partial charge in [0.2, 0.25) is 5.91 Å². The molecule has 162 valence electrons. The second kappa shape index (κ2) is 7.82. The van der Waals surface area contributed by atoms with Crippen molar-refractivity contribution < 1.29 is 14.3 Å². The van der Waals surface area contributed by atoms with Crippen molar-refractivity contribution in [2.75, 3.05) is 13.2 Å². The Balaban J connectivity index is 1.15. The van der Waals surface area contributed by atoms with E-state index in [-0.39, 0.29) is 23.9 Å². The summed E-state index contributed by atoms with van der Waals surface area (Å²) in [5.41, 5.74) is 2.03. The molecule has 0 radical (unpaired) electrons. The van der Waals surface area contributed by atoms with E-state index in [4.69, 9.17) is 4.74 Å². The molecule has 10 heteroatoms. The smallest absolute Gasteiger partial charge is 0.336 e. The minimum Gasteiger partial charge on any atom is -0.456 e. The number of esters is 1. The zero-order chi connectivity index (χ0) is 21.4. The number of carbonyl (C=O) groups is 2. The van der Waals surface area contributed by atoms with Crippen molar-refractivity contribution in [3.05, 3.63) is 35.4 Å². The summed E-state index contributed by atoms with van der Waals surface area (Å²) in [7, 11) is 0. The molecular weight excluding hydrogens is 398 g/mol. The highest BCUT2D eigenvalue weighted by Crippen LogP contribution is 2.48. The Bertz CT molecular complexity index is 1010. The zero-order valence-electron chi connectivity index (χ0n) is 17.5. The predicted octanol–water partition coefficient (Wildman–Crippen LogP) is 1.62. The maximum Gasteiger partial charge on any atom is 0.336 e. The number of nitrogens with zero attached hydrogens (tertiary/aromatic N) is 7. The van der Waals surface area contributed by atoms with Crippen molar-refractivity contribution in [1.29, 1.82) is 0 Å². The van der Waals surface area contributed by atoms with Crippen LogP contribution in [0.15, 0.2) is 29.7 Å². The molecule has 0 N–H and O–H groups in total. The van der Waals surface area contributed by atoms with Gasteiger partial charge in [-0.25, -0.2) is 4.79 Å². The molecule has 1 spiro atoms. The molecule has 10 nitrogen and oxygen atoms in total. The molecule has 2 aliphatic heterocycles. The molecule has 4 heterocycles. The number of ether oxygens (including phenoxy) is 1. The number of tetrazole rings is 1. The number of likely N-dealkylation sites (tertiary alicyclic amines) is 1. The molecule has 2 fully saturated rings. The highest BCUT2D eigenvalue weighted by molar-refractivity contribution is 5.94. The van der Waals surface area contributed by atoms with Crippen LogP contribution in [0.3, 0.4) is 0 Å². The Morgan fingerprint density at radius 1 is 1.16 bits per heavy atom. The summed E-state index contributed by atoms with van der Waals surface area (Å²) < 4.78 is 6.58. The van der Waals surface area contributed by atoms with Crippen LogP contribution in [0.5, 0.6) is 0 Å². The second-order valence-electron chi connectivity index (χ2n) is 8.75. The van der Waals surface area contributed by atoms with Crippen LogP contribution in [0.2, 0.25) is 0 Å². The predicted molar refractivity (Wildman–Crippen MR) is 107 cm³/mol. The van der Waals surface area contributed by atoms with E-state index in [1.807, 2.05) is 17.0 Å². The first-order chi connectivity index (χ1) is 15.1. The lowest BCUT2D eigenvalue weighted by molar-refractivity contribution is -0.138. The largest absolute Gasteiger partial charge is 0.456 e. The highest BCUT2D eigenvalue weighted by Gasteiger charge is 2.50. The number of rotatable bonds is 5. The van der Waals surface area contributed by atoms with E-state index in [0.717, 1.165) is 56.3 Å². The van der Waals surface area contributed by atoms with E-state index in [1.54, 1.807) is 6.92 Å². The van der Waals surface area contributed by atoms with Gasteiger partial charge in [0.15, 0.2) is 5.82 Å². The fraction of sp³-hybridized carbons (Fsp3) is 0.571. The van der Waals surface area contributed by atoms with E-state index in [2.05, 4.69) is 25.7 Å². The molecular formula is C21H25N7O3. The molecule has 0 unspecified atom stereocenters. The molecule has 1 saturated carbocycles. The zero-order valence-corrected chi connectivity index (χ0v) is 17.5. The Hall–Kier alpha value is -3.17. The molecule has 0 atom stereocenters. The molecule has 31 heavy (non-hydrogen) atoms. The number of hydrogen-bond acceptors (Lipinski definition) is 8. The molecule has 1 aliphatic carbocycles. The second-order valence-corrected chi connectivity index (χ2v) is 8.75. The molecule has 3 aliphatic rings. The third-order valence-corrected chi connectivity index (χ3v) is 7.08. The van der Waals surface area contributed by atoms with Crippen molar-refractivity contribution in [2.24, 2.45) is 11.3 Å². The molecule has 0 bridgehead atoms. The van der Waals surface area contributed by atoms with Crippen molar-refractivity contribution in [3.63, 3.8) is 0 Å². The van der Waals surface area contributed by atoms with Crippen LogP contribution in [0.25, 0.3) is 5.82 Å². The van der Waals surface area contributed by atoms with E-state index in [1.165, 1.54) is 11.0 Å². The average molecular weight is 423 g/mol. The summed E-state index contributed by atoms with van der Waals surface area (Å²) in [5, 5.41) is 19.5.